The number of hydrogen-bond donors (Lipinski definition) is 2. The van der Waals surface area contributed by atoms with Crippen LogP contribution in [0.5, 0.6) is 0 Å². The molecule has 3 aromatic carbocycles. The lowest BCUT2D eigenvalue weighted by Gasteiger charge is -2.06. The van der Waals surface area contributed by atoms with Crippen LogP contribution in [0.15, 0.2) is 71.6 Å². The maximum absolute atomic E-state index is 12.2. The maximum atomic E-state index is 12.2. The summed E-state index contributed by atoms with van der Waals surface area (Å²) in [6.07, 6.45) is 2.02. The van der Waals surface area contributed by atoms with Gasteiger partial charge in [0.05, 0.1) is 0 Å². The van der Waals surface area contributed by atoms with Gasteiger partial charge in [-0.15, -0.1) is 11.8 Å². The van der Waals surface area contributed by atoms with Crippen molar-refractivity contribution in [1.82, 2.24) is 10.6 Å². The highest BCUT2D eigenvalue weighted by atomic mass is 32.2. The quantitative estimate of drug-likeness (QED) is 0.292. The Bertz CT molecular complexity index is 1020. The lowest BCUT2D eigenvalue weighted by Crippen LogP contribution is -2.22. The van der Waals surface area contributed by atoms with Crippen LogP contribution in [0.4, 0.5) is 4.39 Å². The van der Waals surface area contributed by atoms with E-state index in [-0.39, 0.29) is 11.7 Å². The molecule has 1 amide bonds. The van der Waals surface area contributed by atoms with Crippen LogP contribution in [0.3, 0.4) is 0 Å². The monoisotopic (exact) mass is 480 g/mol. The van der Waals surface area contributed by atoms with Gasteiger partial charge in [0, 0.05) is 23.0 Å². The fraction of sp³-hybridized carbons (Fsp3) is 0.345. The molecule has 0 bridgehead atoms. The van der Waals surface area contributed by atoms with Crippen molar-refractivity contribution in [1.29, 1.82) is 0 Å². The second kappa shape index (κ2) is 14.6. The van der Waals surface area contributed by atoms with Crippen molar-refractivity contribution in [2.45, 2.75) is 58.0 Å². The van der Waals surface area contributed by atoms with Crippen LogP contribution < -0.4 is 10.6 Å². The van der Waals surface area contributed by atoms with E-state index in [4.69, 9.17) is 0 Å². The average Bonchev–Trinajstić information content (AvgIpc) is 3.64. The van der Waals surface area contributed by atoms with Crippen molar-refractivity contribution in [3.8, 4) is 0 Å². The van der Waals surface area contributed by atoms with Crippen LogP contribution in [-0.2, 0) is 19.4 Å². The minimum absolute atomic E-state index is 0.00621. The van der Waals surface area contributed by atoms with Gasteiger partial charge in [-0.2, -0.15) is 0 Å². The maximum Gasteiger partial charge on any atom is 0.251 e. The third-order valence-electron chi connectivity index (χ3n) is 5.31. The topological polar surface area (TPSA) is 41.1 Å². The summed E-state index contributed by atoms with van der Waals surface area (Å²) < 4.78 is 12.2. The summed E-state index contributed by atoms with van der Waals surface area (Å²) in [5.41, 5.74) is 5.74. The first-order valence-electron chi connectivity index (χ1n) is 11.9. The average molecular weight is 481 g/mol. The van der Waals surface area contributed by atoms with Crippen molar-refractivity contribution in [3.63, 3.8) is 0 Å². The van der Waals surface area contributed by atoms with E-state index in [9.17, 15) is 9.18 Å². The Labute approximate surface area is 208 Å². The molecule has 0 spiro atoms. The van der Waals surface area contributed by atoms with Gasteiger partial charge in [0.1, 0.15) is 5.82 Å². The van der Waals surface area contributed by atoms with Crippen LogP contribution in [0.2, 0.25) is 0 Å². The van der Waals surface area contributed by atoms with Crippen molar-refractivity contribution < 1.29 is 9.18 Å². The number of benzene rings is 3. The number of carbonyl (C=O) groups excluding carboxylic acids is 1. The molecule has 1 aliphatic rings. The van der Waals surface area contributed by atoms with E-state index in [1.54, 1.807) is 12.1 Å². The SMILES string of the molecule is CCSc1ccc(CNC(=O)c2ccc3c(c2)C3)cc1.CCc1ccc(F)cc1.CNC(C)C. The van der Waals surface area contributed by atoms with Crippen LogP contribution in [0.1, 0.15) is 60.3 Å². The number of amides is 1. The molecule has 3 nitrogen and oxygen atoms in total. The van der Waals surface area contributed by atoms with E-state index in [1.807, 2.05) is 43.9 Å². The highest BCUT2D eigenvalue weighted by Gasteiger charge is 2.18. The molecule has 1 aliphatic carbocycles. The van der Waals surface area contributed by atoms with Crippen LogP contribution >= 0.6 is 11.8 Å². The molecule has 0 fully saturated rings. The van der Waals surface area contributed by atoms with Crippen LogP contribution in [0.25, 0.3) is 0 Å². The molecule has 0 saturated heterocycles. The summed E-state index contributed by atoms with van der Waals surface area (Å²) in [4.78, 5) is 13.3. The third-order valence-corrected chi connectivity index (χ3v) is 6.20. The third kappa shape index (κ3) is 10.1. The number of thioether (sulfide) groups is 1. The molecule has 0 unspecified atom stereocenters. The van der Waals surface area contributed by atoms with E-state index in [0.717, 1.165) is 29.7 Å². The largest absolute Gasteiger partial charge is 0.348 e. The normalized spacial score (nSPS) is 10.9. The molecule has 0 radical (unpaired) electrons. The second-order valence-electron chi connectivity index (χ2n) is 8.34. The Kier molecular flexibility index (Phi) is 11.9. The van der Waals surface area contributed by atoms with Gasteiger partial charge in [-0.25, -0.2) is 4.39 Å². The predicted molar refractivity (Wildman–Crippen MR) is 143 cm³/mol. The van der Waals surface area contributed by atoms with E-state index >= 15 is 0 Å². The smallest absolute Gasteiger partial charge is 0.251 e. The number of rotatable bonds is 7. The molecular weight excluding hydrogens is 443 g/mol. The molecule has 3 aromatic rings. The lowest BCUT2D eigenvalue weighted by molar-refractivity contribution is 0.0951. The molecule has 0 aromatic heterocycles. The van der Waals surface area contributed by atoms with E-state index in [2.05, 4.69) is 55.7 Å². The van der Waals surface area contributed by atoms with Crippen molar-refractivity contribution in [2.75, 3.05) is 12.8 Å². The molecule has 0 atom stereocenters. The summed E-state index contributed by atoms with van der Waals surface area (Å²) in [6, 6.07) is 21.5. The Morgan fingerprint density at radius 3 is 2.09 bits per heavy atom. The molecule has 0 heterocycles. The van der Waals surface area contributed by atoms with Gasteiger partial charge < -0.3 is 10.6 Å². The van der Waals surface area contributed by atoms with Crippen molar-refractivity contribution >= 4 is 17.7 Å². The molecule has 182 valence electrons. The predicted octanol–water partition coefficient (Wildman–Crippen LogP) is 6.64. The number of aryl methyl sites for hydroxylation is 1. The Morgan fingerprint density at radius 1 is 0.941 bits per heavy atom. The van der Waals surface area contributed by atoms with E-state index in [1.165, 1.54) is 33.7 Å². The Morgan fingerprint density at radius 2 is 1.56 bits per heavy atom. The molecule has 34 heavy (non-hydrogen) atoms. The molecule has 0 aliphatic heterocycles. The van der Waals surface area contributed by atoms with Crippen molar-refractivity contribution in [3.05, 3.63) is 100 Å². The molecule has 4 rings (SSSR count). The minimum atomic E-state index is -0.160. The number of hydrogen-bond acceptors (Lipinski definition) is 3. The molecule has 5 heteroatoms. The van der Waals surface area contributed by atoms with E-state index in [0.29, 0.717) is 12.6 Å². The summed E-state index contributed by atoms with van der Waals surface area (Å²) in [5, 5.41) is 6.00. The first kappa shape index (κ1) is 27.6. The first-order chi connectivity index (χ1) is 16.4. The molecule has 2 N–H and O–H groups in total. The number of carbonyl (C=O) groups is 1. The first-order valence-corrected chi connectivity index (χ1v) is 12.9. The Hall–Kier alpha value is -2.63. The Balaban J connectivity index is 0.000000241. The minimum Gasteiger partial charge on any atom is -0.348 e. The highest BCUT2D eigenvalue weighted by molar-refractivity contribution is 7.99. The number of halogens is 1. The zero-order valence-corrected chi connectivity index (χ0v) is 21.8. The lowest BCUT2D eigenvalue weighted by atomic mass is 10.2. The van der Waals surface area contributed by atoms with Gasteiger partial charge in [0.15, 0.2) is 0 Å². The summed E-state index contributed by atoms with van der Waals surface area (Å²) in [5.74, 6) is 0.924. The van der Waals surface area contributed by atoms with Gasteiger partial charge in [-0.1, -0.05) is 58.0 Å². The van der Waals surface area contributed by atoms with Crippen molar-refractivity contribution in [2.24, 2.45) is 0 Å². The molecular formula is C29H37FN2OS. The fourth-order valence-electron chi connectivity index (χ4n) is 2.91. The van der Waals surface area contributed by atoms with Gasteiger partial charge in [0.25, 0.3) is 5.91 Å². The van der Waals surface area contributed by atoms with Gasteiger partial charge >= 0.3 is 0 Å². The second-order valence-corrected chi connectivity index (χ2v) is 9.68. The highest BCUT2D eigenvalue weighted by Crippen LogP contribution is 2.28. The van der Waals surface area contributed by atoms with Crippen LogP contribution in [0, 0.1) is 5.82 Å². The standard InChI is InChI=1S/C17H17NOS.C8H9F.C4H11N/c1-2-20-16-7-3-12(4-8-16)11-18-17(19)14-6-5-13-9-15(13)10-14;1-2-7-3-5-8(9)6-4-7;1-4(2)5-3/h3-8,10H,2,9,11H2,1H3,(H,18,19);3-6H,2H2,1H3;4-5H,1-3H3. The van der Waals surface area contributed by atoms with Gasteiger partial charge in [-0.3, -0.25) is 4.79 Å². The number of fused-ring (bicyclic) bond motifs is 1. The zero-order chi connectivity index (χ0) is 24.9. The summed E-state index contributed by atoms with van der Waals surface area (Å²) in [6.45, 7) is 8.99. The summed E-state index contributed by atoms with van der Waals surface area (Å²) in [7, 11) is 1.95. The van der Waals surface area contributed by atoms with Gasteiger partial charge in [0.2, 0.25) is 0 Å². The van der Waals surface area contributed by atoms with E-state index < -0.39 is 0 Å². The fourth-order valence-corrected chi connectivity index (χ4v) is 3.57. The van der Waals surface area contributed by atoms with Gasteiger partial charge in [-0.05, 0) is 84.3 Å². The van der Waals surface area contributed by atoms with Crippen LogP contribution in [-0.4, -0.2) is 24.7 Å². The molecule has 0 saturated carbocycles. The summed E-state index contributed by atoms with van der Waals surface area (Å²) >= 11 is 1.83. The number of nitrogens with one attached hydrogen (secondary N) is 2. The zero-order valence-electron chi connectivity index (χ0n) is 21.0.